The summed E-state index contributed by atoms with van der Waals surface area (Å²) in [6.45, 7) is 2.13. The van der Waals surface area contributed by atoms with Crippen molar-refractivity contribution in [3.8, 4) is 5.75 Å². The lowest BCUT2D eigenvalue weighted by atomic mass is 10.0. The van der Waals surface area contributed by atoms with Gasteiger partial charge in [-0.1, -0.05) is 61.2 Å². The number of hydrogen-bond acceptors (Lipinski definition) is 4. The Balaban J connectivity index is 1.57. The van der Waals surface area contributed by atoms with Crippen LogP contribution in [0.4, 0.5) is 5.69 Å². The smallest absolute Gasteiger partial charge is 0.260 e. The van der Waals surface area contributed by atoms with E-state index >= 15 is 0 Å². The van der Waals surface area contributed by atoms with Gasteiger partial charge < -0.3 is 15.4 Å². The number of amides is 1. The third-order valence-electron chi connectivity index (χ3n) is 4.82. The largest absolute Gasteiger partial charge is 0.496 e. The summed E-state index contributed by atoms with van der Waals surface area (Å²) in [6.07, 6.45) is 2.96. The molecule has 0 spiro atoms. The van der Waals surface area contributed by atoms with E-state index < -0.39 is 0 Å². The summed E-state index contributed by atoms with van der Waals surface area (Å²) in [5.41, 5.74) is 3.10. The van der Waals surface area contributed by atoms with Crippen LogP contribution < -0.4 is 15.4 Å². The molecule has 5 heteroatoms. The maximum atomic E-state index is 12.5. The molecule has 0 aliphatic carbocycles. The second-order valence-corrected chi connectivity index (χ2v) is 7.72. The highest BCUT2D eigenvalue weighted by atomic mass is 32.2. The monoisotopic (exact) mass is 390 g/mol. The maximum Gasteiger partial charge on any atom is 0.260 e. The summed E-state index contributed by atoms with van der Waals surface area (Å²) in [5.74, 6) is 0.768. The molecular weight excluding hydrogens is 368 g/mol. The van der Waals surface area contributed by atoms with E-state index in [-0.39, 0.29) is 11.4 Å². The Bertz CT molecular complexity index is 1040. The number of benzene rings is 3. The molecular formula is C23H22N2O2S. The van der Waals surface area contributed by atoms with Crippen molar-refractivity contribution in [3.05, 3.63) is 76.7 Å². The number of thioether (sulfide) groups is 1. The Hall–Kier alpha value is -2.92. The minimum absolute atomic E-state index is 0.0624. The third kappa shape index (κ3) is 3.71. The number of aryl methyl sites for hydroxylation is 1. The van der Waals surface area contributed by atoms with Crippen molar-refractivity contribution in [3.63, 3.8) is 0 Å². The van der Waals surface area contributed by atoms with Gasteiger partial charge in [-0.2, -0.15) is 0 Å². The van der Waals surface area contributed by atoms with Gasteiger partial charge in [0.1, 0.15) is 5.75 Å². The molecule has 3 aromatic rings. The predicted octanol–water partition coefficient (Wildman–Crippen LogP) is 5.01. The molecule has 0 bridgehead atoms. The number of methoxy groups -OCH3 is 1. The topological polar surface area (TPSA) is 50.4 Å². The minimum Gasteiger partial charge on any atom is -0.496 e. The Morgan fingerprint density at radius 3 is 2.54 bits per heavy atom. The average molecular weight is 391 g/mol. The minimum atomic E-state index is -0.185. The van der Waals surface area contributed by atoms with Gasteiger partial charge in [0.25, 0.3) is 5.91 Å². The molecule has 4 rings (SSSR count). The fraction of sp³-hybridized carbons (Fsp3) is 0.174. The van der Waals surface area contributed by atoms with Gasteiger partial charge in [-0.15, -0.1) is 0 Å². The molecule has 1 amide bonds. The van der Waals surface area contributed by atoms with E-state index in [4.69, 9.17) is 4.74 Å². The molecule has 0 saturated carbocycles. The molecule has 142 valence electrons. The third-order valence-corrected chi connectivity index (χ3v) is 5.84. The SMILES string of the molecule is CCc1ccc(N[C@@H]2NC(=O)/C(=C/c3ccc(OC)c4ccccc34)S2)cc1. The normalized spacial score (nSPS) is 17.7. The van der Waals surface area contributed by atoms with Gasteiger partial charge in [0.05, 0.1) is 12.0 Å². The maximum absolute atomic E-state index is 12.5. The molecule has 1 aliphatic rings. The van der Waals surface area contributed by atoms with Gasteiger partial charge in [0.15, 0.2) is 5.50 Å². The van der Waals surface area contributed by atoms with Crippen molar-refractivity contribution in [2.75, 3.05) is 12.4 Å². The Morgan fingerprint density at radius 2 is 1.82 bits per heavy atom. The molecule has 0 radical (unpaired) electrons. The first kappa shape index (κ1) is 18.4. The van der Waals surface area contributed by atoms with Crippen LogP contribution in [0.1, 0.15) is 18.1 Å². The fourth-order valence-electron chi connectivity index (χ4n) is 3.29. The van der Waals surface area contributed by atoms with Gasteiger partial charge in [0, 0.05) is 11.1 Å². The van der Waals surface area contributed by atoms with Crippen molar-refractivity contribution in [2.45, 2.75) is 18.8 Å². The average Bonchev–Trinajstić information content (AvgIpc) is 3.07. The van der Waals surface area contributed by atoms with Crippen LogP contribution in [0.15, 0.2) is 65.6 Å². The second-order valence-electron chi connectivity index (χ2n) is 6.58. The predicted molar refractivity (Wildman–Crippen MR) is 117 cm³/mol. The first-order chi connectivity index (χ1) is 13.7. The fourth-order valence-corrected chi connectivity index (χ4v) is 4.27. The number of hydrogen-bond donors (Lipinski definition) is 2. The van der Waals surface area contributed by atoms with E-state index in [2.05, 4.69) is 29.7 Å². The molecule has 1 fully saturated rings. The van der Waals surface area contributed by atoms with Crippen molar-refractivity contribution < 1.29 is 9.53 Å². The van der Waals surface area contributed by atoms with Crippen LogP contribution in [-0.2, 0) is 11.2 Å². The molecule has 1 aliphatic heterocycles. The zero-order valence-corrected chi connectivity index (χ0v) is 16.7. The van der Waals surface area contributed by atoms with E-state index in [9.17, 15) is 4.79 Å². The number of fused-ring (bicyclic) bond motifs is 1. The highest BCUT2D eigenvalue weighted by Gasteiger charge is 2.27. The van der Waals surface area contributed by atoms with E-state index in [1.54, 1.807) is 7.11 Å². The van der Waals surface area contributed by atoms with Gasteiger partial charge in [-0.25, -0.2) is 0 Å². The van der Waals surface area contributed by atoms with Gasteiger partial charge in [-0.3, -0.25) is 4.79 Å². The molecule has 0 unspecified atom stereocenters. The molecule has 1 atom stereocenters. The summed E-state index contributed by atoms with van der Waals surface area (Å²) in [5, 5.41) is 8.46. The van der Waals surface area contributed by atoms with Crippen LogP contribution >= 0.6 is 11.8 Å². The quantitative estimate of drug-likeness (QED) is 0.601. The summed E-state index contributed by atoms with van der Waals surface area (Å²) in [7, 11) is 1.67. The van der Waals surface area contributed by atoms with Crippen molar-refractivity contribution in [1.29, 1.82) is 0 Å². The van der Waals surface area contributed by atoms with Crippen molar-refractivity contribution in [2.24, 2.45) is 0 Å². The first-order valence-corrected chi connectivity index (χ1v) is 10.2. The molecule has 3 aromatic carbocycles. The van der Waals surface area contributed by atoms with Crippen LogP contribution in [0.5, 0.6) is 5.75 Å². The summed E-state index contributed by atoms with van der Waals surface area (Å²) < 4.78 is 5.46. The van der Waals surface area contributed by atoms with E-state index in [1.165, 1.54) is 17.3 Å². The number of rotatable bonds is 5. The lowest BCUT2D eigenvalue weighted by molar-refractivity contribution is -0.116. The molecule has 0 aromatic heterocycles. The van der Waals surface area contributed by atoms with Crippen LogP contribution in [0, 0.1) is 0 Å². The number of anilines is 1. The standard InChI is InChI=1S/C23H22N2O2S/c1-3-15-8-11-17(12-9-15)24-23-25-22(26)21(28-23)14-16-10-13-20(27-2)19-7-5-4-6-18(16)19/h4-14,23-24H,3H2,1-2H3,(H,25,26)/b21-14-/t23-/m1/s1. The molecule has 2 N–H and O–H groups in total. The van der Waals surface area contributed by atoms with Crippen LogP contribution in [0.2, 0.25) is 0 Å². The number of carbonyl (C=O) groups excluding carboxylic acids is 1. The highest BCUT2D eigenvalue weighted by Crippen LogP contribution is 2.34. The molecule has 1 heterocycles. The number of nitrogens with one attached hydrogen (secondary N) is 2. The summed E-state index contributed by atoms with van der Waals surface area (Å²) in [4.78, 5) is 13.2. The lowest BCUT2D eigenvalue weighted by Crippen LogP contribution is -2.30. The van der Waals surface area contributed by atoms with Crippen molar-refractivity contribution >= 4 is 40.2 Å². The van der Waals surface area contributed by atoms with Crippen molar-refractivity contribution in [1.82, 2.24) is 5.32 Å². The number of carbonyl (C=O) groups is 1. The van der Waals surface area contributed by atoms with E-state index in [1.807, 2.05) is 54.6 Å². The van der Waals surface area contributed by atoms with Gasteiger partial charge in [0.2, 0.25) is 0 Å². The highest BCUT2D eigenvalue weighted by molar-refractivity contribution is 8.05. The molecule has 1 saturated heterocycles. The Morgan fingerprint density at radius 1 is 1.07 bits per heavy atom. The van der Waals surface area contributed by atoms with Gasteiger partial charge in [-0.05, 0) is 47.2 Å². The van der Waals surface area contributed by atoms with Crippen LogP contribution in [-0.4, -0.2) is 18.5 Å². The first-order valence-electron chi connectivity index (χ1n) is 9.28. The summed E-state index contributed by atoms with van der Waals surface area (Å²) in [6, 6.07) is 20.3. The van der Waals surface area contributed by atoms with Crippen LogP contribution in [0.3, 0.4) is 0 Å². The summed E-state index contributed by atoms with van der Waals surface area (Å²) >= 11 is 1.49. The van der Waals surface area contributed by atoms with Crippen LogP contribution in [0.25, 0.3) is 16.8 Å². The Kier molecular flexibility index (Phi) is 5.26. The molecule has 28 heavy (non-hydrogen) atoms. The van der Waals surface area contributed by atoms with Gasteiger partial charge >= 0.3 is 0 Å². The lowest BCUT2D eigenvalue weighted by Gasteiger charge is -2.13. The number of ether oxygens (including phenoxy) is 1. The zero-order chi connectivity index (χ0) is 19.5. The van der Waals surface area contributed by atoms with E-state index in [0.717, 1.165) is 34.2 Å². The zero-order valence-electron chi connectivity index (χ0n) is 15.9. The molecule has 4 nitrogen and oxygen atoms in total. The second kappa shape index (κ2) is 7.98. The van der Waals surface area contributed by atoms with E-state index in [0.29, 0.717) is 4.91 Å². The Labute approximate surface area is 169 Å².